The van der Waals surface area contributed by atoms with Crippen molar-refractivity contribution in [3.8, 4) is 22.8 Å². The van der Waals surface area contributed by atoms with Crippen molar-refractivity contribution >= 4 is 22.5 Å². The van der Waals surface area contributed by atoms with E-state index >= 15 is 0 Å². The lowest BCUT2D eigenvalue weighted by Gasteiger charge is -2.13. The maximum Gasteiger partial charge on any atom is 0.262 e. The van der Waals surface area contributed by atoms with Gasteiger partial charge in [-0.3, -0.25) is 4.79 Å². The first kappa shape index (κ1) is 19.5. The van der Waals surface area contributed by atoms with Gasteiger partial charge in [0.05, 0.1) is 12.8 Å². The van der Waals surface area contributed by atoms with Gasteiger partial charge in [0.15, 0.2) is 6.61 Å². The summed E-state index contributed by atoms with van der Waals surface area (Å²) >= 11 is 0. The lowest BCUT2D eigenvalue weighted by Crippen LogP contribution is -2.20. The number of para-hydroxylation sites is 1. The van der Waals surface area contributed by atoms with Crippen molar-refractivity contribution in [1.82, 2.24) is 4.98 Å². The van der Waals surface area contributed by atoms with E-state index < -0.39 is 0 Å². The van der Waals surface area contributed by atoms with Crippen molar-refractivity contribution in [2.45, 2.75) is 6.92 Å². The largest absolute Gasteiger partial charge is 0.494 e. The predicted octanol–water partition coefficient (Wildman–Crippen LogP) is 5.24. The standard InChI is InChI=1S/C25H22N2O3/c1-17-11-13-19(14-12-17)26-24(28)16-30-23-15-21(18-7-4-3-5-8-18)27-25-20(23)9-6-10-22(25)29-2/h3-15H,16H2,1-2H3,(H,26,28). The fourth-order valence-electron chi connectivity index (χ4n) is 3.21. The van der Waals surface area contributed by atoms with E-state index in [0.29, 0.717) is 17.0 Å². The molecule has 0 aliphatic heterocycles. The molecule has 1 aromatic heterocycles. The number of carbonyl (C=O) groups excluding carboxylic acids is 1. The van der Waals surface area contributed by atoms with E-state index in [1.54, 1.807) is 7.11 Å². The molecular formula is C25H22N2O3. The SMILES string of the molecule is COc1cccc2c(OCC(=O)Nc3ccc(C)cc3)cc(-c3ccccc3)nc12. The summed E-state index contributed by atoms with van der Waals surface area (Å²) in [7, 11) is 1.61. The predicted molar refractivity (Wildman–Crippen MR) is 119 cm³/mol. The average molecular weight is 398 g/mol. The van der Waals surface area contributed by atoms with E-state index in [9.17, 15) is 4.79 Å². The number of ether oxygens (including phenoxy) is 2. The zero-order valence-electron chi connectivity index (χ0n) is 16.9. The highest BCUT2D eigenvalue weighted by Crippen LogP contribution is 2.34. The average Bonchev–Trinajstić information content (AvgIpc) is 2.79. The Labute approximate surface area is 175 Å². The van der Waals surface area contributed by atoms with Crippen LogP contribution in [0.3, 0.4) is 0 Å². The summed E-state index contributed by atoms with van der Waals surface area (Å²) in [5, 5.41) is 3.64. The minimum Gasteiger partial charge on any atom is -0.494 e. The van der Waals surface area contributed by atoms with Gasteiger partial charge in [0.2, 0.25) is 0 Å². The highest BCUT2D eigenvalue weighted by molar-refractivity contribution is 5.94. The first-order valence-electron chi connectivity index (χ1n) is 9.66. The molecule has 0 radical (unpaired) electrons. The van der Waals surface area contributed by atoms with Crippen LogP contribution in [0.1, 0.15) is 5.56 Å². The lowest BCUT2D eigenvalue weighted by molar-refractivity contribution is -0.118. The van der Waals surface area contributed by atoms with Crippen LogP contribution in [0.25, 0.3) is 22.2 Å². The van der Waals surface area contributed by atoms with E-state index in [0.717, 1.165) is 27.9 Å². The Morgan fingerprint density at radius 2 is 1.70 bits per heavy atom. The molecule has 0 saturated carbocycles. The molecule has 0 unspecified atom stereocenters. The Bertz CT molecular complexity index is 1170. The fourth-order valence-corrected chi connectivity index (χ4v) is 3.21. The molecule has 5 nitrogen and oxygen atoms in total. The molecule has 150 valence electrons. The van der Waals surface area contributed by atoms with Gasteiger partial charge in [-0.05, 0) is 31.2 Å². The number of benzene rings is 3. The van der Waals surface area contributed by atoms with Gasteiger partial charge in [-0.15, -0.1) is 0 Å². The normalized spacial score (nSPS) is 10.6. The zero-order valence-corrected chi connectivity index (χ0v) is 16.9. The lowest BCUT2D eigenvalue weighted by atomic mass is 10.1. The number of anilines is 1. The third-order valence-corrected chi connectivity index (χ3v) is 4.75. The van der Waals surface area contributed by atoms with Gasteiger partial charge in [0.1, 0.15) is 17.0 Å². The second-order valence-corrected chi connectivity index (χ2v) is 6.93. The topological polar surface area (TPSA) is 60.5 Å². The van der Waals surface area contributed by atoms with Crippen LogP contribution in [-0.2, 0) is 4.79 Å². The molecule has 1 heterocycles. The number of rotatable bonds is 6. The van der Waals surface area contributed by atoms with Crippen molar-refractivity contribution in [1.29, 1.82) is 0 Å². The highest BCUT2D eigenvalue weighted by atomic mass is 16.5. The van der Waals surface area contributed by atoms with E-state index in [1.165, 1.54) is 0 Å². The summed E-state index contributed by atoms with van der Waals surface area (Å²) in [5.41, 5.74) is 4.27. The molecule has 0 atom stereocenters. The van der Waals surface area contributed by atoms with Crippen LogP contribution in [0.4, 0.5) is 5.69 Å². The number of hydrogen-bond acceptors (Lipinski definition) is 4. The number of aryl methyl sites for hydroxylation is 1. The Kier molecular flexibility index (Phi) is 5.61. The number of carbonyl (C=O) groups is 1. The zero-order chi connectivity index (χ0) is 20.9. The van der Waals surface area contributed by atoms with Crippen molar-refractivity contribution in [3.05, 3.63) is 84.4 Å². The molecule has 1 N–H and O–H groups in total. The summed E-state index contributed by atoms with van der Waals surface area (Å²) in [4.78, 5) is 17.2. The summed E-state index contributed by atoms with van der Waals surface area (Å²) in [6.45, 7) is 1.89. The van der Waals surface area contributed by atoms with Gasteiger partial charge in [-0.2, -0.15) is 0 Å². The van der Waals surface area contributed by atoms with Crippen LogP contribution < -0.4 is 14.8 Å². The molecule has 0 fully saturated rings. The van der Waals surface area contributed by atoms with E-state index in [1.807, 2.05) is 85.8 Å². The molecule has 5 heteroatoms. The number of pyridine rings is 1. The molecule has 0 spiro atoms. The first-order chi connectivity index (χ1) is 14.6. The second-order valence-electron chi connectivity index (χ2n) is 6.93. The number of amides is 1. The number of methoxy groups -OCH3 is 1. The number of nitrogens with one attached hydrogen (secondary N) is 1. The minimum absolute atomic E-state index is 0.113. The van der Waals surface area contributed by atoms with Crippen LogP contribution in [0, 0.1) is 6.92 Å². The molecule has 0 saturated heterocycles. The Hall–Kier alpha value is -3.86. The van der Waals surface area contributed by atoms with Gasteiger partial charge in [-0.1, -0.05) is 54.1 Å². The molecule has 3 aromatic carbocycles. The van der Waals surface area contributed by atoms with Crippen molar-refractivity contribution in [3.63, 3.8) is 0 Å². The first-order valence-corrected chi connectivity index (χ1v) is 9.66. The van der Waals surface area contributed by atoms with Gasteiger partial charge >= 0.3 is 0 Å². The molecule has 4 rings (SSSR count). The monoisotopic (exact) mass is 398 g/mol. The Morgan fingerprint density at radius 1 is 0.933 bits per heavy atom. The number of nitrogens with zero attached hydrogens (tertiary/aromatic N) is 1. The highest BCUT2D eigenvalue weighted by Gasteiger charge is 2.13. The van der Waals surface area contributed by atoms with Gasteiger partial charge in [0.25, 0.3) is 5.91 Å². The van der Waals surface area contributed by atoms with E-state index in [2.05, 4.69) is 5.32 Å². The molecule has 30 heavy (non-hydrogen) atoms. The number of fused-ring (bicyclic) bond motifs is 1. The van der Waals surface area contributed by atoms with Gasteiger partial charge < -0.3 is 14.8 Å². The van der Waals surface area contributed by atoms with Gasteiger partial charge in [0, 0.05) is 22.7 Å². The molecule has 1 amide bonds. The Balaban J connectivity index is 1.63. The van der Waals surface area contributed by atoms with Gasteiger partial charge in [-0.25, -0.2) is 4.98 Å². The summed E-state index contributed by atoms with van der Waals surface area (Å²) in [6, 6.07) is 25.0. The fraction of sp³-hybridized carbons (Fsp3) is 0.120. The quantitative estimate of drug-likeness (QED) is 0.483. The van der Waals surface area contributed by atoms with E-state index in [-0.39, 0.29) is 12.5 Å². The van der Waals surface area contributed by atoms with Crippen molar-refractivity contribution in [2.75, 3.05) is 19.0 Å². The van der Waals surface area contributed by atoms with Crippen molar-refractivity contribution < 1.29 is 14.3 Å². The maximum absolute atomic E-state index is 12.4. The summed E-state index contributed by atoms with van der Waals surface area (Å²) < 4.78 is 11.4. The van der Waals surface area contributed by atoms with Crippen molar-refractivity contribution in [2.24, 2.45) is 0 Å². The Morgan fingerprint density at radius 3 is 2.43 bits per heavy atom. The van der Waals surface area contributed by atoms with Crippen LogP contribution in [0.15, 0.2) is 78.9 Å². The molecule has 0 aliphatic rings. The minimum atomic E-state index is -0.229. The molecule has 0 aliphatic carbocycles. The van der Waals surface area contributed by atoms with Crippen LogP contribution in [0.2, 0.25) is 0 Å². The van der Waals surface area contributed by atoms with Crippen LogP contribution in [0.5, 0.6) is 11.5 Å². The maximum atomic E-state index is 12.4. The summed E-state index contributed by atoms with van der Waals surface area (Å²) in [5.74, 6) is 1.00. The second kappa shape index (κ2) is 8.66. The molecule has 4 aromatic rings. The molecule has 0 bridgehead atoms. The number of hydrogen-bond donors (Lipinski definition) is 1. The van der Waals surface area contributed by atoms with E-state index in [4.69, 9.17) is 14.5 Å². The summed E-state index contributed by atoms with van der Waals surface area (Å²) in [6.07, 6.45) is 0. The number of aromatic nitrogens is 1. The third-order valence-electron chi connectivity index (χ3n) is 4.75. The van der Waals surface area contributed by atoms with Crippen LogP contribution >= 0.6 is 0 Å². The third kappa shape index (κ3) is 4.25. The van der Waals surface area contributed by atoms with Crippen LogP contribution in [-0.4, -0.2) is 24.6 Å². The smallest absolute Gasteiger partial charge is 0.262 e. The molecular weight excluding hydrogens is 376 g/mol.